The van der Waals surface area contributed by atoms with Gasteiger partial charge >= 0.3 is 0 Å². The monoisotopic (exact) mass is 397 g/mol. The molecule has 0 unspecified atom stereocenters. The number of amides is 1. The minimum absolute atomic E-state index is 0.145. The van der Waals surface area contributed by atoms with E-state index >= 15 is 0 Å². The zero-order valence-electron chi connectivity index (χ0n) is 13.9. The Morgan fingerprint density at radius 2 is 1.72 bits per heavy atom. The Morgan fingerprint density at radius 3 is 2.44 bits per heavy atom. The van der Waals surface area contributed by atoms with Crippen LogP contribution in [-0.4, -0.2) is 24.0 Å². The molecule has 1 aliphatic heterocycles. The Kier molecular flexibility index (Phi) is 4.49. The fourth-order valence-corrected chi connectivity index (χ4v) is 3.99. The summed E-state index contributed by atoms with van der Waals surface area (Å²) in [5.74, 6) is -0.145. The Morgan fingerprint density at radius 1 is 1.00 bits per heavy atom. The van der Waals surface area contributed by atoms with Crippen LogP contribution in [0.25, 0.3) is 10.9 Å². The van der Waals surface area contributed by atoms with E-state index in [1.807, 2.05) is 36.4 Å². The SMILES string of the molecule is O=C(Nc1ccc(N2CCCCC2)cc1)c1[nH]c2ccccc2c1Br. The Labute approximate surface area is 155 Å². The van der Waals surface area contributed by atoms with E-state index in [0.29, 0.717) is 5.69 Å². The van der Waals surface area contributed by atoms with E-state index in [2.05, 4.69) is 43.3 Å². The first-order valence-corrected chi connectivity index (χ1v) is 9.44. The highest BCUT2D eigenvalue weighted by molar-refractivity contribution is 9.10. The first kappa shape index (κ1) is 16.2. The molecule has 3 aromatic rings. The molecule has 1 amide bonds. The third-order valence-electron chi connectivity index (χ3n) is 4.72. The largest absolute Gasteiger partial charge is 0.372 e. The molecule has 0 aliphatic carbocycles. The molecule has 1 aliphatic rings. The number of nitrogens with one attached hydrogen (secondary N) is 2. The lowest BCUT2D eigenvalue weighted by Crippen LogP contribution is -2.29. The molecule has 0 atom stereocenters. The van der Waals surface area contributed by atoms with Gasteiger partial charge in [-0.25, -0.2) is 0 Å². The van der Waals surface area contributed by atoms with Crippen LogP contribution in [0.15, 0.2) is 53.0 Å². The number of carbonyl (C=O) groups excluding carboxylic acids is 1. The van der Waals surface area contributed by atoms with E-state index in [9.17, 15) is 4.79 Å². The summed E-state index contributed by atoms with van der Waals surface area (Å²) in [6, 6.07) is 16.0. The molecule has 0 radical (unpaired) electrons. The van der Waals surface area contributed by atoms with Crippen LogP contribution in [0.2, 0.25) is 0 Å². The van der Waals surface area contributed by atoms with E-state index in [1.54, 1.807) is 0 Å². The number of para-hydroxylation sites is 1. The second-order valence-electron chi connectivity index (χ2n) is 6.41. The highest BCUT2D eigenvalue weighted by Gasteiger charge is 2.16. The first-order chi connectivity index (χ1) is 12.2. The predicted molar refractivity (Wildman–Crippen MR) is 106 cm³/mol. The maximum atomic E-state index is 12.6. The van der Waals surface area contributed by atoms with Gasteiger partial charge in [0.2, 0.25) is 0 Å². The molecule has 25 heavy (non-hydrogen) atoms. The zero-order valence-corrected chi connectivity index (χ0v) is 15.5. The summed E-state index contributed by atoms with van der Waals surface area (Å²) in [4.78, 5) is 18.2. The summed E-state index contributed by atoms with van der Waals surface area (Å²) in [5, 5.41) is 3.98. The molecule has 2 N–H and O–H groups in total. The third kappa shape index (κ3) is 3.29. The van der Waals surface area contributed by atoms with Crippen LogP contribution in [-0.2, 0) is 0 Å². The molecule has 1 fully saturated rings. The van der Waals surface area contributed by atoms with Gasteiger partial charge in [-0.2, -0.15) is 0 Å². The van der Waals surface area contributed by atoms with Gasteiger partial charge in [0.05, 0.1) is 4.47 Å². The highest BCUT2D eigenvalue weighted by Crippen LogP contribution is 2.28. The van der Waals surface area contributed by atoms with Crippen LogP contribution >= 0.6 is 15.9 Å². The van der Waals surface area contributed by atoms with Crippen molar-refractivity contribution in [2.24, 2.45) is 0 Å². The molecule has 2 heterocycles. The Balaban J connectivity index is 1.51. The van der Waals surface area contributed by atoms with Crippen LogP contribution < -0.4 is 10.2 Å². The number of anilines is 2. The van der Waals surface area contributed by atoms with Crippen LogP contribution in [0.4, 0.5) is 11.4 Å². The normalized spacial score (nSPS) is 14.7. The van der Waals surface area contributed by atoms with E-state index in [4.69, 9.17) is 0 Å². The van der Waals surface area contributed by atoms with Crippen molar-refractivity contribution in [1.29, 1.82) is 0 Å². The topological polar surface area (TPSA) is 48.1 Å². The number of halogens is 1. The molecular weight excluding hydrogens is 378 g/mol. The van der Waals surface area contributed by atoms with Crippen LogP contribution in [0.5, 0.6) is 0 Å². The second kappa shape index (κ2) is 6.92. The third-order valence-corrected chi connectivity index (χ3v) is 5.54. The lowest BCUT2D eigenvalue weighted by atomic mass is 10.1. The van der Waals surface area contributed by atoms with Crippen molar-refractivity contribution in [2.45, 2.75) is 19.3 Å². The van der Waals surface area contributed by atoms with Crippen molar-refractivity contribution >= 4 is 44.1 Å². The van der Waals surface area contributed by atoms with Gasteiger partial charge in [-0.1, -0.05) is 18.2 Å². The quantitative estimate of drug-likeness (QED) is 0.639. The molecule has 4 nitrogen and oxygen atoms in total. The van der Waals surface area contributed by atoms with Gasteiger partial charge in [0.25, 0.3) is 5.91 Å². The average Bonchev–Trinajstić information content (AvgIpc) is 3.00. The Hall–Kier alpha value is -2.27. The zero-order chi connectivity index (χ0) is 17.2. The summed E-state index contributed by atoms with van der Waals surface area (Å²) >= 11 is 3.53. The lowest BCUT2D eigenvalue weighted by molar-refractivity contribution is 0.102. The van der Waals surface area contributed by atoms with Gasteiger partial charge in [0.1, 0.15) is 5.69 Å². The van der Waals surface area contributed by atoms with Gasteiger partial charge in [0.15, 0.2) is 0 Å². The molecule has 2 aromatic carbocycles. The minimum atomic E-state index is -0.145. The smallest absolute Gasteiger partial charge is 0.273 e. The molecule has 1 aromatic heterocycles. The van der Waals surface area contributed by atoms with Crippen LogP contribution in [0, 0.1) is 0 Å². The minimum Gasteiger partial charge on any atom is -0.372 e. The summed E-state index contributed by atoms with van der Waals surface area (Å²) in [6.07, 6.45) is 3.84. The molecule has 128 valence electrons. The van der Waals surface area contributed by atoms with E-state index in [0.717, 1.165) is 34.2 Å². The number of aromatic amines is 1. The predicted octanol–water partition coefficient (Wildman–Crippen LogP) is 5.17. The van der Waals surface area contributed by atoms with Gasteiger partial charge in [-0.15, -0.1) is 0 Å². The molecule has 0 spiro atoms. The summed E-state index contributed by atoms with van der Waals surface area (Å²) in [7, 11) is 0. The van der Waals surface area contributed by atoms with Gasteiger partial charge < -0.3 is 15.2 Å². The highest BCUT2D eigenvalue weighted by atomic mass is 79.9. The molecule has 0 saturated carbocycles. The number of H-pyrrole nitrogens is 1. The van der Waals surface area contributed by atoms with Crippen molar-refractivity contribution in [2.75, 3.05) is 23.3 Å². The standard InChI is InChI=1S/C20H20BrN3O/c21-18-16-6-2-3-7-17(16)23-19(18)20(25)22-14-8-10-15(11-9-14)24-12-4-1-5-13-24/h2-3,6-11,23H,1,4-5,12-13H2,(H,22,25). The number of nitrogens with zero attached hydrogens (tertiary/aromatic N) is 1. The number of hydrogen-bond donors (Lipinski definition) is 2. The first-order valence-electron chi connectivity index (χ1n) is 8.65. The maximum absolute atomic E-state index is 12.6. The van der Waals surface area contributed by atoms with E-state index in [1.165, 1.54) is 24.9 Å². The number of carbonyl (C=O) groups is 1. The summed E-state index contributed by atoms with van der Waals surface area (Å²) in [5.41, 5.74) is 3.52. The van der Waals surface area contributed by atoms with Gasteiger partial charge in [-0.05, 0) is 65.5 Å². The molecule has 4 rings (SSSR count). The number of benzene rings is 2. The van der Waals surface area contributed by atoms with E-state index < -0.39 is 0 Å². The number of hydrogen-bond acceptors (Lipinski definition) is 2. The van der Waals surface area contributed by atoms with Crippen LogP contribution in [0.1, 0.15) is 29.8 Å². The molecule has 5 heteroatoms. The molecular formula is C20H20BrN3O. The maximum Gasteiger partial charge on any atom is 0.273 e. The summed E-state index contributed by atoms with van der Waals surface area (Å²) < 4.78 is 0.797. The number of piperidine rings is 1. The number of aromatic nitrogens is 1. The van der Waals surface area contributed by atoms with Crippen molar-refractivity contribution < 1.29 is 4.79 Å². The molecule has 0 bridgehead atoms. The van der Waals surface area contributed by atoms with E-state index in [-0.39, 0.29) is 5.91 Å². The van der Waals surface area contributed by atoms with Crippen molar-refractivity contribution in [3.05, 3.63) is 58.7 Å². The summed E-state index contributed by atoms with van der Waals surface area (Å²) in [6.45, 7) is 2.24. The number of fused-ring (bicyclic) bond motifs is 1. The van der Waals surface area contributed by atoms with Gasteiger partial charge in [0, 0.05) is 35.4 Å². The fourth-order valence-electron chi connectivity index (χ4n) is 3.37. The van der Waals surface area contributed by atoms with Crippen molar-refractivity contribution in [1.82, 2.24) is 4.98 Å². The Bertz CT molecular complexity index is 895. The second-order valence-corrected chi connectivity index (χ2v) is 7.20. The fraction of sp³-hybridized carbons (Fsp3) is 0.250. The number of rotatable bonds is 3. The van der Waals surface area contributed by atoms with Gasteiger partial charge in [-0.3, -0.25) is 4.79 Å². The lowest BCUT2D eigenvalue weighted by Gasteiger charge is -2.28. The van der Waals surface area contributed by atoms with Crippen LogP contribution in [0.3, 0.4) is 0 Å². The van der Waals surface area contributed by atoms with Crippen molar-refractivity contribution in [3.63, 3.8) is 0 Å². The van der Waals surface area contributed by atoms with Crippen molar-refractivity contribution in [3.8, 4) is 0 Å². The average molecular weight is 398 g/mol. The molecule has 1 saturated heterocycles.